The summed E-state index contributed by atoms with van der Waals surface area (Å²) in [5, 5.41) is 6.86. The van der Waals surface area contributed by atoms with Crippen LogP contribution in [0.4, 0.5) is 4.79 Å². The topological polar surface area (TPSA) is 124 Å². The van der Waals surface area contributed by atoms with Gasteiger partial charge >= 0.3 is 6.03 Å². The van der Waals surface area contributed by atoms with E-state index in [0.717, 1.165) is 0 Å². The molecule has 0 atom stereocenters. The zero-order valence-electron chi connectivity index (χ0n) is 7.27. The SMILES string of the molecule is CCC1(N=[N+]=[N-])C(=O)NC(=O)NC1=O. The van der Waals surface area contributed by atoms with Crippen molar-refractivity contribution in [1.29, 1.82) is 0 Å². The second kappa shape index (κ2) is 3.35. The molecule has 4 amide bonds. The van der Waals surface area contributed by atoms with Gasteiger partial charge < -0.3 is 0 Å². The fraction of sp³-hybridized carbons (Fsp3) is 0.500. The average molecular weight is 197 g/mol. The maximum absolute atomic E-state index is 11.3. The van der Waals surface area contributed by atoms with Crippen LogP contribution in [-0.4, -0.2) is 23.4 Å². The van der Waals surface area contributed by atoms with Crippen LogP contribution in [0.2, 0.25) is 0 Å². The van der Waals surface area contributed by atoms with E-state index in [2.05, 4.69) is 10.0 Å². The van der Waals surface area contributed by atoms with E-state index in [-0.39, 0.29) is 6.42 Å². The second-order valence-electron chi connectivity index (χ2n) is 2.64. The number of rotatable bonds is 2. The maximum Gasteiger partial charge on any atom is 0.328 e. The molecule has 0 spiro atoms. The molecule has 0 bridgehead atoms. The lowest BCUT2D eigenvalue weighted by Crippen LogP contribution is -2.65. The van der Waals surface area contributed by atoms with Crippen molar-refractivity contribution < 1.29 is 14.4 Å². The number of amides is 4. The van der Waals surface area contributed by atoms with Gasteiger partial charge in [-0.2, -0.15) is 0 Å². The molecule has 14 heavy (non-hydrogen) atoms. The molecule has 8 heteroatoms. The van der Waals surface area contributed by atoms with Crippen LogP contribution in [0.15, 0.2) is 5.11 Å². The molecule has 1 saturated heterocycles. The van der Waals surface area contributed by atoms with Crippen molar-refractivity contribution in [1.82, 2.24) is 10.6 Å². The Labute approximate surface area is 78.3 Å². The number of barbiturate groups is 1. The molecule has 74 valence electrons. The first-order chi connectivity index (χ1) is 6.56. The quantitative estimate of drug-likeness (QED) is 0.276. The standard InChI is InChI=1S/C6H7N5O3/c1-2-6(10-11-7)3(12)8-5(14)9-4(6)13/h2H2,1H3,(H2,8,9,12,13,14). The smallest absolute Gasteiger partial charge is 0.277 e. The molecule has 0 aliphatic carbocycles. The average Bonchev–Trinajstić information content (AvgIpc) is 2.11. The number of nitrogens with zero attached hydrogens (tertiary/aromatic N) is 3. The van der Waals surface area contributed by atoms with E-state index < -0.39 is 23.4 Å². The van der Waals surface area contributed by atoms with E-state index in [4.69, 9.17) is 5.53 Å². The Kier molecular flexibility index (Phi) is 2.39. The predicted octanol–water partition coefficient (Wildman–Crippen LogP) is -0.189. The van der Waals surface area contributed by atoms with Crippen LogP contribution in [0.25, 0.3) is 10.4 Å². The number of carbonyl (C=O) groups excluding carboxylic acids is 3. The molecule has 8 nitrogen and oxygen atoms in total. The largest absolute Gasteiger partial charge is 0.328 e. The van der Waals surface area contributed by atoms with E-state index in [1.54, 1.807) is 0 Å². The van der Waals surface area contributed by atoms with Crippen molar-refractivity contribution in [2.24, 2.45) is 5.11 Å². The summed E-state index contributed by atoms with van der Waals surface area (Å²) in [6.45, 7) is 1.50. The molecule has 0 radical (unpaired) electrons. The highest BCUT2D eigenvalue weighted by molar-refractivity contribution is 6.22. The Bertz CT molecular complexity index is 336. The lowest BCUT2D eigenvalue weighted by atomic mass is 9.93. The zero-order chi connectivity index (χ0) is 10.8. The summed E-state index contributed by atoms with van der Waals surface area (Å²) >= 11 is 0. The Morgan fingerprint density at radius 1 is 1.36 bits per heavy atom. The van der Waals surface area contributed by atoms with Gasteiger partial charge in [0.1, 0.15) is 0 Å². The van der Waals surface area contributed by atoms with E-state index in [1.807, 2.05) is 10.6 Å². The number of urea groups is 1. The lowest BCUT2D eigenvalue weighted by Gasteiger charge is -2.28. The van der Waals surface area contributed by atoms with Gasteiger partial charge in [0, 0.05) is 4.91 Å². The van der Waals surface area contributed by atoms with E-state index >= 15 is 0 Å². The number of azide groups is 1. The Morgan fingerprint density at radius 3 is 2.21 bits per heavy atom. The minimum absolute atomic E-state index is 0.0119. The van der Waals surface area contributed by atoms with Crippen molar-refractivity contribution in [3.05, 3.63) is 10.4 Å². The molecule has 2 N–H and O–H groups in total. The highest BCUT2D eigenvalue weighted by Crippen LogP contribution is 2.19. The van der Waals surface area contributed by atoms with Crippen LogP contribution in [-0.2, 0) is 9.59 Å². The summed E-state index contributed by atoms with van der Waals surface area (Å²) in [6, 6.07) is -0.905. The van der Waals surface area contributed by atoms with Crippen molar-refractivity contribution in [3.8, 4) is 0 Å². The first-order valence-electron chi connectivity index (χ1n) is 3.80. The van der Waals surface area contributed by atoms with Crippen LogP contribution in [0.5, 0.6) is 0 Å². The van der Waals surface area contributed by atoms with Crippen LogP contribution in [0.1, 0.15) is 13.3 Å². The monoisotopic (exact) mass is 197 g/mol. The number of imide groups is 2. The van der Waals surface area contributed by atoms with Crippen molar-refractivity contribution >= 4 is 17.8 Å². The van der Waals surface area contributed by atoms with Gasteiger partial charge in [0.25, 0.3) is 0 Å². The molecule has 0 unspecified atom stereocenters. The lowest BCUT2D eigenvalue weighted by molar-refractivity contribution is -0.137. The molecule has 1 fully saturated rings. The molecule has 1 aliphatic rings. The molecular formula is C6H7N5O3. The number of hydrogen-bond acceptors (Lipinski definition) is 4. The Balaban J connectivity index is 3.16. The summed E-state index contributed by atoms with van der Waals surface area (Å²) in [7, 11) is 0. The molecular weight excluding hydrogens is 190 g/mol. The minimum atomic E-state index is -1.84. The van der Waals surface area contributed by atoms with Gasteiger partial charge in [0.15, 0.2) is 0 Å². The van der Waals surface area contributed by atoms with Gasteiger partial charge in [-0.3, -0.25) is 20.2 Å². The Hall–Kier alpha value is -2.08. The summed E-state index contributed by atoms with van der Waals surface area (Å²) in [4.78, 5) is 35.7. The molecule has 1 aliphatic heterocycles. The first kappa shape index (κ1) is 10.0. The van der Waals surface area contributed by atoms with Crippen molar-refractivity contribution in [3.63, 3.8) is 0 Å². The first-order valence-corrected chi connectivity index (χ1v) is 3.80. The van der Waals surface area contributed by atoms with Crippen molar-refractivity contribution in [2.45, 2.75) is 18.9 Å². The van der Waals surface area contributed by atoms with Crippen LogP contribution in [0.3, 0.4) is 0 Å². The third-order valence-corrected chi connectivity index (χ3v) is 1.93. The fourth-order valence-corrected chi connectivity index (χ4v) is 1.11. The van der Waals surface area contributed by atoms with Gasteiger partial charge in [0.2, 0.25) is 17.4 Å². The summed E-state index contributed by atoms with van der Waals surface area (Å²) in [5.41, 5.74) is 6.39. The van der Waals surface area contributed by atoms with Crippen LogP contribution < -0.4 is 10.6 Å². The summed E-state index contributed by atoms with van der Waals surface area (Å²) in [5.74, 6) is -1.79. The summed E-state index contributed by atoms with van der Waals surface area (Å²) in [6.07, 6.45) is -0.0119. The van der Waals surface area contributed by atoms with Crippen LogP contribution >= 0.6 is 0 Å². The number of carbonyl (C=O) groups is 3. The van der Waals surface area contributed by atoms with Gasteiger partial charge in [-0.15, -0.1) is 0 Å². The van der Waals surface area contributed by atoms with Gasteiger partial charge in [-0.05, 0) is 12.0 Å². The van der Waals surface area contributed by atoms with E-state index in [9.17, 15) is 14.4 Å². The number of nitrogens with one attached hydrogen (secondary N) is 2. The zero-order valence-corrected chi connectivity index (χ0v) is 7.27. The molecule has 1 rings (SSSR count). The third-order valence-electron chi connectivity index (χ3n) is 1.93. The highest BCUT2D eigenvalue weighted by Gasteiger charge is 2.48. The molecule has 1 heterocycles. The normalized spacial score (nSPS) is 19.4. The third kappa shape index (κ3) is 1.27. The van der Waals surface area contributed by atoms with Crippen molar-refractivity contribution in [2.75, 3.05) is 0 Å². The van der Waals surface area contributed by atoms with Gasteiger partial charge in [0.05, 0.1) is 0 Å². The predicted molar refractivity (Wildman–Crippen MR) is 43.8 cm³/mol. The summed E-state index contributed by atoms with van der Waals surface area (Å²) < 4.78 is 0. The van der Waals surface area contributed by atoms with Gasteiger partial charge in [-0.1, -0.05) is 12.0 Å². The second-order valence-corrected chi connectivity index (χ2v) is 2.64. The van der Waals surface area contributed by atoms with E-state index in [0.29, 0.717) is 0 Å². The maximum atomic E-state index is 11.3. The molecule has 0 aromatic heterocycles. The fourth-order valence-electron chi connectivity index (χ4n) is 1.11. The van der Waals surface area contributed by atoms with E-state index in [1.165, 1.54) is 6.92 Å². The highest BCUT2D eigenvalue weighted by atomic mass is 16.2. The number of hydrogen-bond donors (Lipinski definition) is 2. The Morgan fingerprint density at radius 2 is 1.86 bits per heavy atom. The minimum Gasteiger partial charge on any atom is -0.277 e. The molecule has 0 aromatic rings. The van der Waals surface area contributed by atoms with Gasteiger partial charge in [-0.25, -0.2) is 4.79 Å². The molecule has 0 aromatic carbocycles. The van der Waals surface area contributed by atoms with Crippen LogP contribution in [0, 0.1) is 0 Å². The molecule has 0 saturated carbocycles.